The molecule has 102 valence electrons. The summed E-state index contributed by atoms with van der Waals surface area (Å²) in [6.07, 6.45) is 0. The lowest BCUT2D eigenvalue weighted by atomic mass is 10.2. The molecule has 0 spiro atoms. The van der Waals surface area contributed by atoms with Crippen LogP contribution in [-0.4, -0.2) is 12.1 Å². The maximum Gasteiger partial charge on any atom is 0.161 e. The van der Waals surface area contributed by atoms with Gasteiger partial charge in [0.15, 0.2) is 11.5 Å². The van der Waals surface area contributed by atoms with E-state index in [4.69, 9.17) is 9.47 Å². The van der Waals surface area contributed by atoms with Gasteiger partial charge in [-0.2, -0.15) is 0 Å². The number of nitrogens with one attached hydrogen (secondary N) is 1. The average molecular weight is 271 g/mol. The molecular weight excluding hydrogens is 257 g/mol. The van der Waals surface area contributed by atoms with Crippen molar-refractivity contribution in [2.24, 2.45) is 0 Å². The van der Waals surface area contributed by atoms with Gasteiger partial charge in [-0.1, -0.05) is 18.2 Å². The standard InChI is InChI=1S/C16H14FNO2/c1-19-15-7-2-3-8-16(15)20-10-11-9-12-13(17)5-4-6-14(12)18-11/h2-9,18H,10H2,1H3. The van der Waals surface area contributed by atoms with Crippen molar-refractivity contribution >= 4 is 10.9 Å². The highest BCUT2D eigenvalue weighted by atomic mass is 19.1. The summed E-state index contributed by atoms with van der Waals surface area (Å²) >= 11 is 0. The molecule has 4 heteroatoms. The van der Waals surface area contributed by atoms with Crippen LogP contribution in [0.5, 0.6) is 11.5 Å². The van der Waals surface area contributed by atoms with Crippen molar-refractivity contribution in [3.8, 4) is 11.5 Å². The number of hydrogen-bond acceptors (Lipinski definition) is 2. The first-order chi connectivity index (χ1) is 9.78. The van der Waals surface area contributed by atoms with Gasteiger partial charge in [-0.25, -0.2) is 4.39 Å². The van der Waals surface area contributed by atoms with E-state index >= 15 is 0 Å². The van der Waals surface area contributed by atoms with Gasteiger partial charge in [0.2, 0.25) is 0 Å². The number of rotatable bonds is 4. The average Bonchev–Trinajstić information content (AvgIpc) is 2.90. The highest BCUT2D eigenvalue weighted by molar-refractivity contribution is 5.80. The lowest BCUT2D eigenvalue weighted by Gasteiger charge is -2.09. The minimum absolute atomic E-state index is 0.234. The molecule has 1 heterocycles. The van der Waals surface area contributed by atoms with Gasteiger partial charge >= 0.3 is 0 Å². The largest absolute Gasteiger partial charge is 0.493 e. The third-order valence-electron chi connectivity index (χ3n) is 3.12. The summed E-state index contributed by atoms with van der Waals surface area (Å²) < 4.78 is 24.5. The molecule has 3 rings (SSSR count). The Morgan fingerprint density at radius 1 is 1.05 bits per heavy atom. The van der Waals surface area contributed by atoms with Crippen LogP contribution in [0.2, 0.25) is 0 Å². The molecule has 0 saturated carbocycles. The van der Waals surface area contributed by atoms with E-state index in [9.17, 15) is 4.39 Å². The van der Waals surface area contributed by atoms with Gasteiger partial charge in [-0.3, -0.25) is 0 Å². The molecule has 0 saturated heterocycles. The zero-order valence-corrected chi connectivity index (χ0v) is 11.0. The minimum Gasteiger partial charge on any atom is -0.493 e. The van der Waals surface area contributed by atoms with Gasteiger partial charge in [-0.15, -0.1) is 0 Å². The van der Waals surface area contributed by atoms with E-state index in [0.29, 0.717) is 23.5 Å². The van der Waals surface area contributed by atoms with E-state index in [2.05, 4.69) is 4.98 Å². The molecule has 0 aliphatic rings. The molecule has 20 heavy (non-hydrogen) atoms. The molecule has 3 aromatic rings. The van der Waals surface area contributed by atoms with Gasteiger partial charge in [-0.05, 0) is 30.3 Å². The highest BCUT2D eigenvalue weighted by Crippen LogP contribution is 2.27. The number of hydrogen-bond donors (Lipinski definition) is 1. The summed E-state index contributed by atoms with van der Waals surface area (Å²) in [5.41, 5.74) is 1.58. The molecule has 0 aliphatic carbocycles. The van der Waals surface area contributed by atoms with Crippen LogP contribution in [0.3, 0.4) is 0 Å². The molecule has 1 aromatic heterocycles. The van der Waals surface area contributed by atoms with E-state index in [1.165, 1.54) is 6.07 Å². The summed E-state index contributed by atoms with van der Waals surface area (Å²) in [5, 5.41) is 0.575. The highest BCUT2D eigenvalue weighted by Gasteiger charge is 2.07. The number of aromatic amines is 1. The number of H-pyrrole nitrogens is 1. The fraction of sp³-hybridized carbons (Fsp3) is 0.125. The van der Waals surface area contributed by atoms with E-state index < -0.39 is 0 Å². The third kappa shape index (κ3) is 2.32. The van der Waals surface area contributed by atoms with Gasteiger partial charge in [0.1, 0.15) is 12.4 Å². The van der Waals surface area contributed by atoms with E-state index in [1.807, 2.05) is 30.3 Å². The van der Waals surface area contributed by atoms with Gasteiger partial charge in [0.25, 0.3) is 0 Å². The molecule has 0 fully saturated rings. The second kappa shape index (κ2) is 5.25. The second-order valence-electron chi connectivity index (χ2n) is 4.44. The Morgan fingerprint density at radius 3 is 2.60 bits per heavy atom. The van der Waals surface area contributed by atoms with Crippen molar-refractivity contribution in [3.63, 3.8) is 0 Å². The number of ether oxygens (including phenoxy) is 2. The Hall–Kier alpha value is -2.49. The van der Waals surface area contributed by atoms with Crippen molar-refractivity contribution in [1.82, 2.24) is 4.98 Å². The maximum absolute atomic E-state index is 13.6. The first kappa shape index (κ1) is 12.5. The topological polar surface area (TPSA) is 34.2 Å². The van der Waals surface area contributed by atoms with Gasteiger partial charge in [0, 0.05) is 10.9 Å². The fourth-order valence-electron chi connectivity index (χ4n) is 2.15. The molecule has 0 unspecified atom stereocenters. The Morgan fingerprint density at radius 2 is 1.85 bits per heavy atom. The van der Waals surface area contributed by atoms with Crippen LogP contribution in [0.1, 0.15) is 5.69 Å². The van der Waals surface area contributed by atoms with Gasteiger partial charge in [0.05, 0.1) is 12.8 Å². The molecular formula is C16H14FNO2. The molecule has 1 N–H and O–H groups in total. The lowest BCUT2D eigenvalue weighted by molar-refractivity contribution is 0.281. The number of methoxy groups -OCH3 is 1. The zero-order chi connectivity index (χ0) is 13.9. The van der Waals surface area contributed by atoms with Crippen molar-refractivity contribution in [2.75, 3.05) is 7.11 Å². The van der Waals surface area contributed by atoms with Crippen molar-refractivity contribution < 1.29 is 13.9 Å². The molecule has 0 bridgehead atoms. The number of para-hydroxylation sites is 2. The zero-order valence-electron chi connectivity index (χ0n) is 11.0. The normalized spacial score (nSPS) is 10.7. The predicted octanol–water partition coefficient (Wildman–Crippen LogP) is 3.89. The molecule has 0 amide bonds. The summed E-state index contributed by atoms with van der Waals surface area (Å²) in [4.78, 5) is 3.14. The van der Waals surface area contributed by atoms with Crippen molar-refractivity contribution in [3.05, 3.63) is 60.0 Å². The monoisotopic (exact) mass is 271 g/mol. The summed E-state index contributed by atoms with van der Waals surface area (Å²) in [6.45, 7) is 0.328. The van der Waals surface area contributed by atoms with Crippen molar-refractivity contribution in [2.45, 2.75) is 6.61 Å². The molecule has 2 aromatic carbocycles. The quantitative estimate of drug-likeness (QED) is 0.781. The Bertz CT molecular complexity index is 736. The third-order valence-corrected chi connectivity index (χ3v) is 3.12. The second-order valence-corrected chi connectivity index (χ2v) is 4.44. The van der Waals surface area contributed by atoms with E-state index in [1.54, 1.807) is 19.2 Å². The Balaban J connectivity index is 1.82. The predicted molar refractivity (Wildman–Crippen MR) is 75.6 cm³/mol. The summed E-state index contributed by atoms with van der Waals surface area (Å²) in [7, 11) is 1.60. The van der Waals surface area contributed by atoms with Crippen LogP contribution in [0.15, 0.2) is 48.5 Å². The number of aromatic nitrogens is 1. The van der Waals surface area contributed by atoms with Crippen LogP contribution in [0.4, 0.5) is 4.39 Å². The summed E-state index contributed by atoms with van der Waals surface area (Å²) in [6, 6.07) is 14.2. The van der Waals surface area contributed by atoms with Crippen LogP contribution in [-0.2, 0) is 6.61 Å². The number of fused-ring (bicyclic) bond motifs is 1. The molecule has 0 radical (unpaired) electrons. The SMILES string of the molecule is COc1ccccc1OCc1cc2c(F)cccc2[nH]1. The van der Waals surface area contributed by atoms with Crippen LogP contribution < -0.4 is 9.47 Å². The van der Waals surface area contributed by atoms with E-state index in [0.717, 1.165) is 11.2 Å². The fourth-order valence-corrected chi connectivity index (χ4v) is 2.15. The first-order valence-electron chi connectivity index (χ1n) is 6.30. The smallest absolute Gasteiger partial charge is 0.161 e. The van der Waals surface area contributed by atoms with Crippen molar-refractivity contribution in [1.29, 1.82) is 0 Å². The Labute approximate surface area is 116 Å². The number of benzene rings is 2. The molecule has 0 atom stereocenters. The first-order valence-corrected chi connectivity index (χ1v) is 6.30. The minimum atomic E-state index is -0.234. The molecule has 0 aliphatic heterocycles. The van der Waals surface area contributed by atoms with Gasteiger partial charge < -0.3 is 14.5 Å². The van der Waals surface area contributed by atoms with Crippen LogP contribution >= 0.6 is 0 Å². The molecule has 3 nitrogen and oxygen atoms in total. The van der Waals surface area contributed by atoms with Crippen LogP contribution in [0, 0.1) is 5.82 Å². The van der Waals surface area contributed by atoms with E-state index in [-0.39, 0.29) is 5.82 Å². The number of halogens is 1. The maximum atomic E-state index is 13.6. The lowest BCUT2D eigenvalue weighted by Crippen LogP contribution is -1.97. The summed E-state index contributed by atoms with van der Waals surface area (Å²) in [5.74, 6) is 1.10. The van der Waals surface area contributed by atoms with Crippen LogP contribution in [0.25, 0.3) is 10.9 Å². The Kier molecular flexibility index (Phi) is 3.29.